The molecule has 2 rings (SSSR count). The van der Waals surface area contributed by atoms with Crippen molar-refractivity contribution in [3.8, 4) is 0 Å². The number of hydrogen-bond donors (Lipinski definition) is 0. The fraction of sp³-hybridized carbons (Fsp3) is 0.750. The Bertz CT molecular complexity index is 404. The summed E-state index contributed by atoms with van der Waals surface area (Å²) in [6, 6.07) is 0. The average molecular weight is 270 g/mol. The fourth-order valence-electron chi connectivity index (χ4n) is 1.48. The van der Waals surface area contributed by atoms with E-state index in [4.69, 9.17) is 9.26 Å². The molecule has 1 fully saturated rings. The molecule has 0 unspecified atom stereocenters. The van der Waals surface area contributed by atoms with Crippen LogP contribution in [0.4, 0.5) is 0 Å². The number of carbonyl (C=O) groups excluding carboxylic acids is 1. The summed E-state index contributed by atoms with van der Waals surface area (Å²) in [6.07, 6.45) is 5.55. The second-order valence-electron chi connectivity index (χ2n) is 4.57. The van der Waals surface area contributed by atoms with Gasteiger partial charge in [-0.15, -0.1) is 0 Å². The van der Waals surface area contributed by atoms with Crippen molar-refractivity contribution in [1.29, 1.82) is 0 Å². The van der Waals surface area contributed by atoms with E-state index in [-0.39, 0.29) is 12.6 Å². The van der Waals surface area contributed by atoms with Crippen LogP contribution in [0.1, 0.15) is 50.2 Å². The summed E-state index contributed by atoms with van der Waals surface area (Å²) in [5.41, 5.74) is 0. The fourth-order valence-corrected chi connectivity index (χ4v) is 1.83. The maximum atomic E-state index is 11.5. The Morgan fingerprint density at radius 3 is 3.06 bits per heavy atom. The number of hydrogen-bond acceptors (Lipinski definition) is 6. The van der Waals surface area contributed by atoms with Crippen LogP contribution in [0.5, 0.6) is 0 Å². The Kier molecular flexibility index (Phi) is 4.63. The highest BCUT2D eigenvalue weighted by Gasteiger charge is 2.29. The van der Waals surface area contributed by atoms with Gasteiger partial charge in [0.2, 0.25) is 11.7 Å². The molecule has 5 nitrogen and oxygen atoms in total. The van der Waals surface area contributed by atoms with Crippen molar-refractivity contribution in [2.24, 2.45) is 0 Å². The quantitative estimate of drug-likeness (QED) is 0.709. The molecule has 1 heterocycles. The molecule has 1 atom stereocenters. The molecule has 0 aliphatic heterocycles. The molecule has 1 aromatic heterocycles. The normalized spacial score (nSPS) is 16.6. The minimum absolute atomic E-state index is 0.114. The average Bonchev–Trinajstić information content (AvgIpc) is 3.13. The summed E-state index contributed by atoms with van der Waals surface area (Å²) in [4.78, 5) is 15.7. The van der Waals surface area contributed by atoms with E-state index in [2.05, 4.69) is 17.1 Å². The largest absolute Gasteiger partial charge is 0.457 e. The van der Waals surface area contributed by atoms with Crippen LogP contribution in [-0.2, 0) is 16.1 Å². The second kappa shape index (κ2) is 6.22. The van der Waals surface area contributed by atoms with E-state index in [0.29, 0.717) is 29.3 Å². The lowest BCUT2D eigenvalue weighted by Crippen LogP contribution is -2.08. The lowest BCUT2D eigenvalue weighted by Gasteiger charge is -2.06. The zero-order valence-electron chi connectivity index (χ0n) is 10.7. The molecule has 1 aromatic rings. The first-order chi connectivity index (χ1) is 8.69. The van der Waals surface area contributed by atoms with Crippen LogP contribution in [0.15, 0.2) is 4.52 Å². The molecular formula is C12H18N2O3S. The smallest absolute Gasteiger partial charge is 0.306 e. The Morgan fingerprint density at radius 2 is 2.39 bits per heavy atom. The van der Waals surface area contributed by atoms with Crippen molar-refractivity contribution in [3.05, 3.63) is 11.7 Å². The molecule has 6 heteroatoms. The van der Waals surface area contributed by atoms with E-state index in [1.807, 2.05) is 6.26 Å². The van der Waals surface area contributed by atoms with E-state index in [1.165, 1.54) is 0 Å². The van der Waals surface area contributed by atoms with Crippen molar-refractivity contribution < 1.29 is 14.1 Å². The number of ether oxygens (including phenoxy) is 1. The van der Waals surface area contributed by atoms with E-state index in [9.17, 15) is 4.79 Å². The summed E-state index contributed by atoms with van der Waals surface area (Å²) in [7, 11) is 0. The molecule has 0 N–H and O–H groups in total. The molecule has 0 bridgehead atoms. The molecule has 0 spiro atoms. The second-order valence-corrected chi connectivity index (χ2v) is 5.84. The van der Waals surface area contributed by atoms with Crippen LogP contribution in [0.3, 0.4) is 0 Å². The Morgan fingerprint density at radius 1 is 1.61 bits per heavy atom. The van der Waals surface area contributed by atoms with Gasteiger partial charge >= 0.3 is 5.97 Å². The molecule has 0 amide bonds. The van der Waals surface area contributed by atoms with Gasteiger partial charge in [0, 0.05) is 17.6 Å². The Labute approximate surface area is 111 Å². The van der Waals surface area contributed by atoms with E-state index in [1.54, 1.807) is 11.8 Å². The minimum atomic E-state index is -0.200. The summed E-state index contributed by atoms with van der Waals surface area (Å²) in [6.45, 7) is 2.21. The van der Waals surface area contributed by atoms with Gasteiger partial charge in [-0.3, -0.25) is 4.79 Å². The third-order valence-corrected chi connectivity index (χ3v) is 3.97. The molecule has 100 valence electrons. The molecule has 0 saturated heterocycles. The van der Waals surface area contributed by atoms with Crippen molar-refractivity contribution in [3.63, 3.8) is 0 Å². The number of thioether (sulfide) groups is 1. The maximum absolute atomic E-state index is 11.5. The van der Waals surface area contributed by atoms with Gasteiger partial charge in [0.1, 0.15) is 0 Å². The zero-order chi connectivity index (χ0) is 13.0. The van der Waals surface area contributed by atoms with Gasteiger partial charge in [-0.1, -0.05) is 12.1 Å². The van der Waals surface area contributed by atoms with Crippen molar-refractivity contribution in [2.45, 2.75) is 50.4 Å². The van der Waals surface area contributed by atoms with Gasteiger partial charge in [-0.25, -0.2) is 0 Å². The van der Waals surface area contributed by atoms with E-state index >= 15 is 0 Å². The number of nitrogens with zero attached hydrogens (tertiary/aromatic N) is 2. The third kappa shape index (κ3) is 4.01. The van der Waals surface area contributed by atoms with E-state index < -0.39 is 0 Å². The molecule has 1 aliphatic rings. The van der Waals surface area contributed by atoms with Crippen LogP contribution >= 0.6 is 11.8 Å². The number of aromatic nitrogens is 2. The topological polar surface area (TPSA) is 65.2 Å². The molecule has 1 saturated carbocycles. The number of rotatable bonds is 7. The van der Waals surface area contributed by atoms with Gasteiger partial charge in [0.15, 0.2) is 6.61 Å². The first-order valence-electron chi connectivity index (χ1n) is 6.20. The molecule has 0 radical (unpaired) electrons. The van der Waals surface area contributed by atoms with E-state index in [0.717, 1.165) is 19.3 Å². The van der Waals surface area contributed by atoms with Gasteiger partial charge in [0.25, 0.3) is 0 Å². The van der Waals surface area contributed by atoms with Crippen LogP contribution in [0.2, 0.25) is 0 Å². The van der Waals surface area contributed by atoms with Gasteiger partial charge in [-0.2, -0.15) is 16.7 Å². The third-order valence-electron chi connectivity index (χ3n) is 2.93. The van der Waals surface area contributed by atoms with Gasteiger partial charge in [0.05, 0.1) is 0 Å². The lowest BCUT2D eigenvalue weighted by atomic mass is 10.2. The summed E-state index contributed by atoms with van der Waals surface area (Å²) in [5, 5.41) is 4.27. The Balaban J connectivity index is 1.68. The van der Waals surface area contributed by atoms with Gasteiger partial charge in [-0.05, 0) is 25.5 Å². The number of carbonyl (C=O) groups is 1. The summed E-state index contributed by atoms with van der Waals surface area (Å²) < 4.78 is 10.2. The monoisotopic (exact) mass is 270 g/mol. The summed E-state index contributed by atoms with van der Waals surface area (Å²) >= 11 is 1.75. The molecule has 0 aromatic carbocycles. The first-order valence-corrected chi connectivity index (χ1v) is 7.48. The molecule has 1 aliphatic carbocycles. The van der Waals surface area contributed by atoms with Crippen molar-refractivity contribution >= 4 is 17.7 Å². The highest BCUT2D eigenvalue weighted by Crippen LogP contribution is 2.38. The standard InChI is InChI=1S/C12H18N2O3S/c1-8(18-2)3-6-11(15)16-7-10-13-12(17-14-10)9-4-5-9/h8-9H,3-7H2,1-2H3/t8-/m0/s1. The highest BCUT2D eigenvalue weighted by molar-refractivity contribution is 7.99. The maximum Gasteiger partial charge on any atom is 0.306 e. The van der Waals surface area contributed by atoms with Crippen molar-refractivity contribution in [1.82, 2.24) is 10.1 Å². The molecule has 18 heavy (non-hydrogen) atoms. The minimum Gasteiger partial charge on any atom is -0.457 e. The highest BCUT2D eigenvalue weighted by atomic mass is 32.2. The predicted octanol–water partition coefficient (Wildman–Crippen LogP) is 2.52. The van der Waals surface area contributed by atoms with Crippen LogP contribution in [0, 0.1) is 0 Å². The van der Waals surface area contributed by atoms with Crippen LogP contribution in [0.25, 0.3) is 0 Å². The lowest BCUT2D eigenvalue weighted by molar-refractivity contribution is -0.145. The van der Waals surface area contributed by atoms with Crippen molar-refractivity contribution in [2.75, 3.05) is 6.26 Å². The predicted molar refractivity (Wildman–Crippen MR) is 68.3 cm³/mol. The zero-order valence-corrected chi connectivity index (χ0v) is 11.5. The Hall–Kier alpha value is -1.04. The SMILES string of the molecule is CS[C@@H](C)CCC(=O)OCc1noc(C2CC2)n1. The molecular weight excluding hydrogens is 252 g/mol. The van der Waals surface area contributed by atoms with Gasteiger partial charge < -0.3 is 9.26 Å². The summed E-state index contributed by atoms with van der Waals surface area (Å²) in [5.74, 6) is 1.37. The van der Waals surface area contributed by atoms with Crippen LogP contribution in [-0.4, -0.2) is 27.6 Å². The van der Waals surface area contributed by atoms with Crippen LogP contribution < -0.4 is 0 Å². The first kappa shape index (κ1) is 13.4. The number of esters is 1.